The van der Waals surface area contributed by atoms with Gasteiger partial charge in [-0.3, -0.25) is 0 Å². The number of halogens is 3. The minimum atomic E-state index is -0.623. The molecular formula is C6H3BrClFO. The predicted molar refractivity (Wildman–Crippen MR) is 40.8 cm³/mol. The largest absolute Gasteiger partial charge is 0.505 e. The Balaban J connectivity index is 3.34. The Kier molecular flexibility index (Phi) is 2.16. The van der Waals surface area contributed by atoms with Crippen LogP contribution in [0.5, 0.6) is 5.75 Å². The van der Waals surface area contributed by atoms with Crippen molar-refractivity contribution in [3.63, 3.8) is 0 Å². The Hall–Kier alpha value is -0.280. The summed E-state index contributed by atoms with van der Waals surface area (Å²) in [6.45, 7) is 0. The Bertz CT molecular complexity index is 237. The lowest BCUT2D eigenvalue weighted by molar-refractivity contribution is 0.466. The number of hydrogen-bond donors (Lipinski definition) is 1. The third-order valence-electron chi connectivity index (χ3n) is 1.02. The van der Waals surface area contributed by atoms with Gasteiger partial charge in [0, 0.05) is 0 Å². The summed E-state index contributed by atoms with van der Waals surface area (Å²) in [5.74, 6) is -0.885. The molecule has 1 nitrogen and oxygen atoms in total. The van der Waals surface area contributed by atoms with Crippen LogP contribution in [0.25, 0.3) is 0 Å². The quantitative estimate of drug-likeness (QED) is 0.673. The normalized spacial score (nSPS) is 9.90. The first-order valence-electron chi connectivity index (χ1n) is 2.45. The molecule has 54 valence electrons. The van der Waals surface area contributed by atoms with Crippen LogP contribution in [0.15, 0.2) is 16.6 Å². The molecule has 0 unspecified atom stereocenters. The molecule has 0 aliphatic carbocycles. The highest BCUT2D eigenvalue weighted by Crippen LogP contribution is 2.33. The molecule has 0 spiro atoms. The van der Waals surface area contributed by atoms with Gasteiger partial charge >= 0.3 is 0 Å². The molecule has 10 heavy (non-hydrogen) atoms. The second-order valence-electron chi connectivity index (χ2n) is 1.69. The summed E-state index contributed by atoms with van der Waals surface area (Å²) in [5, 5.41) is 8.71. The van der Waals surface area contributed by atoms with E-state index in [9.17, 15) is 4.39 Å². The van der Waals surface area contributed by atoms with Crippen molar-refractivity contribution in [3.8, 4) is 5.75 Å². The zero-order valence-corrected chi connectivity index (χ0v) is 7.08. The van der Waals surface area contributed by atoms with Crippen molar-refractivity contribution in [1.82, 2.24) is 0 Å². The molecule has 0 atom stereocenters. The van der Waals surface area contributed by atoms with Crippen LogP contribution in [0.2, 0.25) is 5.02 Å². The van der Waals surface area contributed by atoms with Gasteiger partial charge in [0.15, 0.2) is 5.75 Å². The summed E-state index contributed by atoms with van der Waals surface area (Å²) in [5.41, 5.74) is 0. The van der Waals surface area contributed by atoms with E-state index in [1.807, 2.05) is 0 Å². The monoisotopic (exact) mass is 224 g/mol. The van der Waals surface area contributed by atoms with E-state index < -0.39 is 5.82 Å². The second-order valence-corrected chi connectivity index (χ2v) is 2.92. The van der Waals surface area contributed by atoms with Crippen LogP contribution >= 0.6 is 27.5 Å². The molecule has 0 heterocycles. The molecule has 0 amide bonds. The lowest BCUT2D eigenvalue weighted by Gasteiger charge is -1.98. The molecule has 1 aromatic rings. The van der Waals surface area contributed by atoms with Gasteiger partial charge in [0.2, 0.25) is 0 Å². The molecule has 4 heteroatoms. The average Bonchev–Trinajstić information content (AvgIpc) is 1.93. The molecule has 0 saturated carbocycles. The Morgan fingerprint density at radius 3 is 2.60 bits per heavy atom. The third-order valence-corrected chi connectivity index (χ3v) is 2.02. The fourth-order valence-corrected chi connectivity index (χ4v) is 1.13. The molecule has 0 aliphatic rings. The van der Waals surface area contributed by atoms with Gasteiger partial charge in [-0.1, -0.05) is 11.6 Å². The van der Waals surface area contributed by atoms with Crippen molar-refractivity contribution < 1.29 is 9.50 Å². The molecule has 0 saturated heterocycles. The van der Waals surface area contributed by atoms with Crippen molar-refractivity contribution in [2.75, 3.05) is 0 Å². The number of hydrogen-bond acceptors (Lipinski definition) is 1. The molecule has 0 aliphatic heterocycles. The van der Waals surface area contributed by atoms with E-state index in [-0.39, 0.29) is 10.8 Å². The van der Waals surface area contributed by atoms with Gasteiger partial charge in [0.1, 0.15) is 10.8 Å². The Morgan fingerprint density at radius 2 is 2.10 bits per heavy atom. The first-order valence-corrected chi connectivity index (χ1v) is 3.62. The van der Waals surface area contributed by atoms with Gasteiger partial charge in [0.25, 0.3) is 0 Å². The summed E-state index contributed by atoms with van der Waals surface area (Å²) in [6.07, 6.45) is 0. The van der Waals surface area contributed by atoms with Gasteiger partial charge in [0.05, 0.1) is 4.47 Å². The summed E-state index contributed by atoms with van der Waals surface area (Å²) in [4.78, 5) is 0. The van der Waals surface area contributed by atoms with Gasteiger partial charge in [-0.15, -0.1) is 0 Å². The standard InChI is InChI=1S/C6H3BrClFO/c7-3-1-2-4(9)5(8)6(3)10/h1-2,10H. The topological polar surface area (TPSA) is 20.2 Å². The van der Waals surface area contributed by atoms with Crippen LogP contribution in [0.4, 0.5) is 4.39 Å². The van der Waals surface area contributed by atoms with Crippen molar-refractivity contribution in [2.24, 2.45) is 0 Å². The highest BCUT2D eigenvalue weighted by molar-refractivity contribution is 9.10. The van der Waals surface area contributed by atoms with Crippen molar-refractivity contribution in [3.05, 3.63) is 27.4 Å². The van der Waals surface area contributed by atoms with E-state index in [2.05, 4.69) is 15.9 Å². The third kappa shape index (κ3) is 1.25. The van der Waals surface area contributed by atoms with Crippen LogP contribution in [0.1, 0.15) is 0 Å². The van der Waals surface area contributed by atoms with E-state index in [0.717, 1.165) is 0 Å². The van der Waals surface area contributed by atoms with Crippen LogP contribution in [0, 0.1) is 5.82 Å². The van der Waals surface area contributed by atoms with Crippen molar-refractivity contribution in [2.45, 2.75) is 0 Å². The number of benzene rings is 1. The minimum absolute atomic E-state index is 0.255. The molecule has 0 fully saturated rings. The second kappa shape index (κ2) is 2.76. The van der Waals surface area contributed by atoms with E-state index in [1.165, 1.54) is 12.1 Å². The Morgan fingerprint density at radius 1 is 1.50 bits per heavy atom. The highest BCUT2D eigenvalue weighted by Gasteiger charge is 2.07. The molecular weight excluding hydrogens is 222 g/mol. The molecule has 1 rings (SSSR count). The van der Waals surface area contributed by atoms with Crippen LogP contribution in [0.3, 0.4) is 0 Å². The van der Waals surface area contributed by atoms with Crippen molar-refractivity contribution in [1.29, 1.82) is 0 Å². The fourth-order valence-electron chi connectivity index (χ4n) is 0.516. The number of phenolic OH excluding ortho intramolecular Hbond substituents is 1. The molecule has 0 radical (unpaired) electrons. The molecule has 1 aromatic carbocycles. The number of aromatic hydroxyl groups is 1. The van der Waals surface area contributed by atoms with Crippen LogP contribution in [-0.4, -0.2) is 5.11 Å². The summed E-state index contributed by atoms with van der Waals surface area (Å²) in [6, 6.07) is 2.56. The predicted octanol–water partition coefficient (Wildman–Crippen LogP) is 2.95. The maximum Gasteiger partial charge on any atom is 0.151 e. The highest BCUT2D eigenvalue weighted by atomic mass is 79.9. The zero-order valence-electron chi connectivity index (χ0n) is 4.74. The van der Waals surface area contributed by atoms with Gasteiger partial charge < -0.3 is 5.11 Å². The van der Waals surface area contributed by atoms with E-state index in [0.29, 0.717) is 4.47 Å². The van der Waals surface area contributed by atoms with Gasteiger partial charge in [-0.05, 0) is 28.1 Å². The zero-order chi connectivity index (χ0) is 7.72. The lowest BCUT2D eigenvalue weighted by Crippen LogP contribution is -1.77. The summed E-state index contributed by atoms with van der Waals surface area (Å²) in [7, 11) is 0. The fraction of sp³-hybridized carbons (Fsp3) is 0. The molecule has 1 N–H and O–H groups in total. The number of phenols is 1. The average molecular weight is 225 g/mol. The first-order chi connectivity index (χ1) is 4.63. The maximum atomic E-state index is 12.4. The Labute approximate surface area is 70.6 Å². The van der Waals surface area contributed by atoms with Crippen molar-refractivity contribution >= 4 is 27.5 Å². The van der Waals surface area contributed by atoms with E-state index in [4.69, 9.17) is 16.7 Å². The van der Waals surface area contributed by atoms with Crippen LogP contribution in [-0.2, 0) is 0 Å². The van der Waals surface area contributed by atoms with Gasteiger partial charge in [-0.25, -0.2) is 4.39 Å². The minimum Gasteiger partial charge on any atom is -0.505 e. The number of rotatable bonds is 0. The SMILES string of the molecule is Oc1c(Br)ccc(F)c1Cl. The molecule has 0 bridgehead atoms. The summed E-state index contributed by atoms with van der Waals surface area (Å²) < 4.78 is 12.8. The summed E-state index contributed by atoms with van der Waals surface area (Å²) >= 11 is 8.31. The van der Waals surface area contributed by atoms with Gasteiger partial charge in [-0.2, -0.15) is 0 Å². The van der Waals surface area contributed by atoms with E-state index in [1.54, 1.807) is 0 Å². The maximum absolute atomic E-state index is 12.4. The molecule has 0 aromatic heterocycles. The van der Waals surface area contributed by atoms with Crippen LogP contribution < -0.4 is 0 Å². The smallest absolute Gasteiger partial charge is 0.151 e. The van der Waals surface area contributed by atoms with E-state index >= 15 is 0 Å². The lowest BCUT2D eigenvalue weighted by atomic mass is 10.3. The first kappa shape index (κ1) is 7.82.